The SMILES string of the molecule is Cc1ccccc1S(=O)(=O)N1N=C(c2ccc(NS(C)(=O)=O)cc2)CC1c1ccc(F)cc1. The second kappa shape index (κ2) is 8.60. The lowest BCUT2D eigenvalue weighted by molar-refractivity contribution is 0.371. The lowest BCUT2D eigenvalue weighted by Crippen LogP contribution is -2.28. The van der Waals surface area contributed by atoms with Crippen LogP contribution in [0.2, 0.25) is 0 Å². The third-order valence-corrected chi connectivity index (χ3v) is 7.72. The van der Waals surface area contributed by atoms with Crippen LogP contribution in [0.4, 0.5) is 10.1 Å². The van der Waals surface area contributed by atoms with Crippen molar-refractivity contribution in [2.75, 3.05) is 11.0 Å². The van der Waals surface area contributed by atoms with Gasteiger partial charge in [-0.3, -0.25) is 4.72 Å². The Morgan fingerprint density at radius 1 is 0.939 bits per heavy atom. The minimum Gasteiger partial charge on any atom is -0.284 e. The molecule has 0 spiro atoms. The minimum absolute atomic E-state index is 0.148. The molecular weight excluding hydrogens is 465 g/mol. The maximum absolute atomic E-state index is 13.6. The van der Waals surface area contributed by atoms with Gasteiger partial charge in [-0.05, 0) is 53.9 Å². The molecule has 1 N–H and O–H groups in total. The second-order valence-corrected chi connectivity index (χ2v) is 11.3. The van der Waals surface area contributed by atoms with Gasteiger partial charge in [0.05, 0.1) is 22.9 Å². The van der Waals surface area contributed by atoms with Crippen LogP contribution in [0.25, 0.3) is 0 Å². The van der Waals surface area contributed by atoms with E-state index in [9.17, 15) is 21.2 Å². The van der Waals surface area contributed by atoms with Gasteiger partial charge < -0.3 is 0 Å². The van der Waals surface area contributed by atoms with Crippen LogP contribution in [0, 0.1) is 12.7 Å². The second-order valence-electron chi connectivity index (χ2n) is 7.81. The van der Waals surface area contributed by atoms with Gasteiger partial charge in [-0.25, -0.2) is 12.8 Å². The van der Waals surface area contributed by atoms with Gasteiger partial charge in [0.1, 0.15) is 5.82 Å². The van der Waals surface area contributed by atoms with E-state index in [-0.39, 0.29) is 11.3 Å². The van der Waals surface area contributed by atoms with Gasteiger partial charge in [-0.15, -0.1) is 0 Å². The first-order chi connectivity index (χ1) is 15.5. The van der Waals surface area contributed by atoms with Crippen LogP contribution in [0.1, 0.15) is 29.2 Å². The Balaban J connectivity index is 1.75. The molecule has 0 fully saturated rings. The number of aryl methyl sites for hydroxylation is 1. The molecule has 10 heteroatoms. The molecule has 33 heavy (non-hydrogen) atoms. The van der Waals surface area contributed by atoms with Crippen LogP contribution < -0.4 is 4.72 Å². The summed E-state index contributed by atoms with van der Waals surface area (Å²) in [6.07, 6.45) is 1.33. The van der Waals surface area contributed by atoms with E-state index in [0.717, 1.165) is 10.7 Å². The van der Waals surface area contributed by atoms with E-state index in [1.54, 1.807) is 61.5 Å². The van der Waals surface area contributed by atoms with Gasteiger partial charge in [0.25, 0.3) is 10.0 Å². The zero-order valence-electron chi connectivity index (χ0n) is 17.9. The number of nitrogens with one attached hydrogen (secondary N) is 1. The average Bonchev–Trinajstić information content (AvgIpc) is 3.20. The van der Waals surface area contributed by atoms with E-state index in [0.29, 0.717) is 28.1 Å². The van der Waals surface area contributed by atoms with Crippen molar-refractivity contribution in [3.05, 3.63) is 95.3 Å². The molecule has 3 aromatic rings. The Kier molecular flexibility index (Phi) is 5.98. The van der Waals surface area contributed by atoms with E-state index in [2.05, 4.69) is 9.82 Å². The Hall–Kier alpha value is -3.24. The number of sulfonamides is 2. The predicted molar refractivity (Wildman–Crippen MR) is 125 cm³/mol. The highest BCUT2D eigenvalue weighted by molar-refractivity contribution is 7.92. The first-order valence-corrected chi connectivity index (χ1v) is 13.4. The maximum Gasteiger partial charge on any atom is 0.279 e. The summed E-state index contributed by atoms with van der Waals surface area (Å²) < 4.78 is 67.0. The molecule has 0 amide bonds. The van der Waals surface area contributed by atoms with Gasteiger partial charge in [-0.2, -0.15) is 17.9 Å². The first kappa shape index (κ1) is 22.9. The van der Waals surface area contributed by atoms with Crippen molar-refractivity contribution in [1.29, 1.82) is 0 Å². The zero-order chi connectivity index (χ0) is 23.8. The largest absolute Gasteiger partial charge is 0.284 e. The van der Waals surface area contributed by atoms with Crippen LogP contribution in [0.5, 0.6) is 0 Å². The lowest BCUT2D eigenvalue weighted by atomic mass is 9.99. The molecule has 1 heterocycles. The van der Waals surface area contributed by atoms with Gasteiger partial charge >= 0.3 is 0 Å². The number of hydrogen-bond acceptors (Lipinski definition) is 5. The number of hydrogen-bond donors (Lipinski definition) is 1. The quantitative estimate of drug-likeness (QED) is 0.568. The summed E-state index contributed by atoms with van der Waals surface area (Å²) in [4.78, 5) is 0.148. The Morgan fingerprint density at radius 2 is 1.58 bits per heavy atom. The molecule has 1 atom stereocenters. The van der Waals surface area contributed by atoms with Crippen molar-refractivity contribution < 1.29 is 21.2 Å². The molecule has 1 unspecified atom stereocenters. The third kappa shape index (κ3) is 4.91. The summed E-state index contributed by atoms with van der Waals surface area (Å²) in [7, 11) is -7.41. The number of rotatable bonds is 6. The van der Waals surface area contributed by atoms with E-state index < -0.39 is 31.9 Å². The molecule has 172 valence electrons. The fraction of sp³-hybridized carbons (Fsp3) is 0.174. The molecule has 0 saturated carbocycles. The summed E-state index contributed by atoms with van der Waals surface area (Å²) in [5.74, 6) is -0.417. The van der Waals surface area contributed by atoms with Gasteiger partial charge in [0.15, 0.2) is 0 Å². The molecule has 7 nitrogen and oxygen atoms in total. The molecule has 1 aliphatic rings. The van der Waals surface area contributed by atoms with Crippen LogP contribution in [0.3, 0.4) is 0 Å². The van der Waals surface area contributed by atoms with Crippen LogP contribution in [-0.2, 0) is 20.0 Å². The highest BCUT2D eigenvalue weighted by Crippen LogP contribution is 2.38. The zero-order valence-corrected chi connectivity index (χ0v) is 19.6. The van der Waals surface area contributed by atoms with Crippen molar-refractivity contribution >= 4 is 31.4 Å². The number of halogens is 1. The molecule has 3 aromatic carbocycles. The van der Waals surface area contributed by atoms with E-state index >= 15 is 0 Å². The topological polar surface area (TPSA) is 95.9 Å². The van der Waals surface area contributed by atoms with Crippen LogP contribution in [-0.4, -0.2) is 33.2 Å². The average molecular weight is 488 g/mol. The highest BCUT2D eigenvalue weighted by atomic mass is 32.2. The molecule has 0 aliphatic carbocycles. The highest BCUT2D eigenvalue weighted by Gasteiger charge is 2.38. The summed E-state index contributed by atoms with van der Waals surface area (Å²) in [6, 6.07) is 18.2. The Bertz CT molecular complexity index is 1420. The maximum atomic E-state index is 13.6. The molecular formula is C23H22FN3O4S2. The molecule has 0 radical (unpaired) electrons. The standard InChI is InChI=1S/C23H22FN3O4S2/c1-16-5-3-4-6-23(16)33(30,31)27-22(18-7-11-19(24)12-8-18)15-21(25-27)17-9-13-20(14-10-17)26-32(2,28)29/h3-14,22,26H,15H2,1-2H3. The lowest BCUT2D eigenvalue weighted by Gasteiger charge is -2.24. The first-order valence-electron chi connectivity index (χ1n) is 10.1. The van der Waals surface area contributed by atoms with Gasteiger partial charge in [-0.1, -0.05) is 42.5 Å². The summed E-state index contributed by atoms with van der Waals surface area (Å²) >= 11 is 0. The van der Waals surface area contributed by atoms with Gasteiger partial charge in [0, 0.05) is 12.1 Å². The normalized spacial score (nSPS) is 16.5. The third-order valence-electron chi connectivity index (χ3n) is 5.27. The van der Waals surface area contributed by atoms with Crippen molar-refractivity contribution in [2.24, 2.45) is 5.10 Å². The van der Waals surface area contributed by atoms with Crippen molar-refractivity contribution in [1.82, 2.24) is 4.41 Å². The smallest absolute Gasteiger partial charge is 0.279 e. The van der Waals surface area contributed by atoms with Crippen LogP contribution in [0.15, 0.2) is 82.8 Å². The van der Waals surface area contributed by atoms with E-state index in [1.807, 2.05) is 0 Å². The molecule has 4 rings (SSSR count). The number of benzene rings is 3. The molecule has 0 bridgehead atoms. The van der Waals surface area contributed by atoms with Gasteiger partial charge in [0.2, 0.25) is 10.0 Å². The van der Waals surface area contributed by atoms with Crippen molar-refractivity contribution in [3.63, 3.8) is 0 Å². The van der Waals surface area contributed by atoms with E-state index in [1.165, 1.54) is 18.2 Å². The summed E-state index contributed by atoms with van der Waals surface area (Å²) in [6.45, 7) is 1.72. The summed E-state index contributed by atoms with van der Waals surface area (Å²) in [5.41, 5.74) is 2.77. The predicted octanol–water partition coefficient (Wildman–Crippen LogP) is 4.05. The molecule has 0 aromatic heterocycles. The minimum atomic E-state index is -3.99. The molecule has 1 aliphatic heterocycles. The monoisotopic (exact) mass is 487 g/mol. The summed E-state index contributed by atoms with van der Waals surface area (Å²) in [5, 5.41) is 4.46. The Labute approximate surface area is 192 Å². The number of nitrogens with zero attached hydrogens (tertiary/aromatic N) is 2. The number of hydrazone groups is 1. The van der Waals surface area contributed by atoms with Crippen molar-refractivity contribution in [2.45, 2.75) is 24.3 Å². The fourth-order valence-electron chi connectivity index (χ4n) is 3.71. The molecule has 0 saturated heterocycles. The van der Waals surface area contributed by atoms with Crippen LogP contribution >= 0.6 is 0 Å². The Morgan fingerprint density at radius 3 is 2.18 bits per heavy atom. The van der Waals surface area contributed by atoms with Crippen molar-refractivity contribution in [3.8, 4) is 0 Å². The fourth-order valence-corrected chi connectivity index (χ4v) is 5.94. The van der Waals surface area contributed by atoms with E-state index in [4.69, 9.17) is 0 Å². The number of anilines is 1.